The summed E-state index contributed by atoms with van der Waals surface area (Å²) >= 11 is 0. The lowest BCUT2D eigenvalue weighted by Gasteiger charge is -2.13. The molecule has 1 atom stereocenters. The number of rotatable bonds is 6. The van der Waals surface area contributed by atoms with Crippen LogP contribution >= 0.6 is 0 Å². The number of aliphatic hydroxyl groups excluding tert-OH is 1. The molecule has 1 rings (SSSR count). The molecular formula is C11H21N3O. The van der Waals surface area contributed by atoms with Crippen LogP contribution in [-0.4, -0.2) is 33.3 Å². The van der Waals surface area contributed by atoms with Gasteiger partial charge in [0.15, 0.2) is 0 Å². The molecule has 0 bridgehead atoms. The van der Waals surface area contributed by atoms with E-state index in [-0.39, 0.29) is 6.10 Å². The van der Waals surface area contributed by atoms with Crippen LogP contribution < -0.4 is 5.32 Å². The molecule has 1 unspecified atom stereocenters. The molecule has 0 amide bonds. The molecule has 0 spiro atoms. The maximum Gasteiger partial charge on any atom is 0.108 e. The second kappa shape index (κ2) is 5.88. The zero-order chi connectivity index (χ0) is 11.3. The summed E-state index contributed by atoms with van der Waals surface area (Å²) in [6.45, 7) is 4.80. The molecule has 1 heterocycles. The van der Waals surface area contributed by atoms with Crippen molar-refractivity contribution in [2.45, 2.75) is 38.8 Å². The third kappa shape index (κ3) is 4.44. The molecule has 4 nitrogen and oxygen atoms in total. The number of hydrogen-bond donors (Lipinski definition) is 2. The standard InChI is InChI=1S/C11H21N3O/c1-9(2)13-8-10(15)4-5-11-12-6-7-14(11)3/h6-7,9-10,13,15H,4-5,8H2,1-3H3. The molecular weight excluding hydrogens is 190 g/mol. The van der Waals surface area contributed by atoms with E-state index in [1.807, 2.05) is 17.8 Å². The fourth-order valence-corrected chi connectivity index (χ4v) is 1.41. The lowest BCUT2D eigenvalue weighted by Crippen LogP contribution is -2.32. The Balaban J connectivity index is 2.22. The van der Waals surface area contributed by atoms with E-state index in [2.05, 4.69) is 24.1 Å². The first-order valence-corrected chi connectivity index (χ1v) is 5.47. The van der Waals surface area contributed by atoms with Crippen molar-refractivity contribution in [1.29, 1.82) is 0 Å². The van der Waals surface area contributed by atoms with Gasteiger partial charge >= 0.3 is 0 Å². The van der Waals surface area contributed by atoms with Crippen LogP contribution in [0.1, 0.15) is 26.1 Å². The minimum absolute atomic E-state index is 0.288. The number of nitrogens with one attached hydrogen (secondary N) is 1. The normalized spacial score (nSPS) is 13.4. The molecule has 0 aromatic carbocycles. The first kappa shape index (κ1) is 12.2. The summed E-state index contributed by atoms with van der Waals surface area (Å²) in [7, 11) is 1.97. The van der Waals surface area contributed by atoms with Gasteiger partial charge in [0.1, 0.15) is 5.82 Å². The predicted octanol–water partition coefficient (Wildman–Crippen LogP) is 0.712. The minimum Gasteiger partial charge on any atom is -0.392 e. The van der Waals surface area contributed by atoms with Crippen LogP contribution in [-0.2, 0) is 13.5 Å². The van der Waals surface area contributed by atoms with E-state index in [1.165, 1.54) is 0 Å². The first-order valence-electron chi connectivity index (χ1n) is 5.47. The first-order chi connectivity index (χ1) is 7.09. The number of aromatic nitrogens is 2. The van der Waals surface area contributed by atoms with E-state index >= 15 is 0 Å². The van der Waals surface area contributed by atoms with Gasteiger partial charge in [0, 0.05) is 38.4 Å². The van der Waals surface area contributed by atoms with E-state index in [0.717, 1.165) is 18.7 Å². The van der Waals surface area contributed by atoms with Gasteiger partial charge in [-0.05, 0) is 6.42 Å². The van der Waals surface area contributed by atoms with Crippen LogP contribution in [0.3, 0.4) is 0 Å². The van der Waals surface area contributed by atoms with Crippen molar-refractivity contribution in [3.05, 3.63) is 18.2 Å². The molecule has 0 saturated carbocycles. The van der Waals surface area contributed by atoms with Gasteiger partial charge in [0.2, 0.25) is 0 Å². The molecule has 0 aliphatic carbocycles. The topological polar surface area (TPSA) is 50.1 Å². The average Bonchev–Trinajstić information content (AvgIpc) is 2.58. The van der Waals surface area contributed by atoms with Crippen molar-refractivity contribution in [2.24, 2.45) is 7.05 Å². The number of nitrogens with zero attached hydrogens (tertiary/aromatic N) is 2. The molecule has 4 heteroatoms. The Kier molecular flexibility index (Phi) is 4.78. The quantitative estimate of drug-likeness (QED) is 0.728. The Bertz CT molecular complexity index is 283. The lowest BCUT2D eigenvalue weighted by atomic mass is 10.2. The Morgan fingerprint density at radius 2 is 2.27 bits per heavy atom. The highest BCUT2D eigenvalue weighted by molar-refractivity contribution is 4.91. The van der Waals surface area contributed by atoms with Crippen molar-refractivity contribution in [2.75, 3.05) is 6.54 Å². The maximum absolute atomic E-state index is 9.69. The fourth-order valence-electron chi connectivity index (χ4n) is 1.41. The Labute approximate surface area is 91.3 Å². The summed E-state index contributed by atoms with van der Waals surface area (Å²) in [6, 6.07) is 0.424. The fraction of sp³-hybridized carbons (Fsp3) is 0.727. The van der Waals surface area contributed by atoms with Crippen molar-refractivity contribution in [3.63, 3.8) is 0 Å². The van der Waals surface area contributed by atoms with E-state index in [1.54, 1.807) is 6.20 Å². The Morgan fingerprint density at radius 3 is 2.80 bits per heavy atom. The molecule has 86 valence electrons. The molecule has 0 aliphatic rings. The molecule has 0 radical (unpaired) electrons. The van der Waals surface area contributed by atoms with Crippen LogP contribution in [0.4, 0.5) is 0 Å². The Morgan fingerprint density at radius 1 is 1.53 bits per heavy atom. The summed E-state index contributed by atoms with van der Waals surface area (Å²) < 4.78 is 1.99. The van der Waals surface area contributed by atoms with Gasteiger partial charge in [0.05, 0.1) is 6.10 Å². The highest BCUT2D eigenvalue weighted by atomic mass is 16.3. The molecule has 15 heavy (non-hydrogen) atoms. The van der Waals surface area contributed by atoms with Gasteiger partial charge in [-0.3, -0.25) is 0 Å². The maximum atomic E-state index is 9.69. The van der Waals surface area contributed by atoms with Crippen molar-refractivity contribution >= 4 is 0 Å². The second-order valence-electron chi connectivity index (χ2n) is 4.21. The highest BCUT2D eigenvalue weighted by Gasteiger charge is 2.07. The minimum atomic E-state index is -0.288. The van der Waals surface area contributed by atoms with Gasteiger partial charge in [0.25, 0.3) is 0 Å². The molecule has 0 aliphatic heterocycles. The van der Waals surface area contributed by atoms with E-state index in [0.29, 0.717) is 12.6 Å². The zero-order valence-electron chi connectivity index (χ0n) is 9.77. The molecule has 1 aromatic heterocycles. The van der Waals surface area contributed by atoms with Gasteiger partial charge in [-0.2, -0.15) is 0 Å². The van der Waals surface area contributed by atoms with Crippen LogP contribution in [0.2, 0.25) is 0 Å². The van der Waals surface area contributed by atoms with Gasteiger partial charge in [-0.25, -0.2) is 4.98 Å². The molecule has 2 N–H and O–H groups in total. The van der Waals surface area contributed by atoms with E-state index in [9.17, 15) is 5.11 Å². The molecule has 0 fully saturated rings. The Hall–Kier alpha value is -0.870. The lowest BCUT2D eigenvalue weighted by molar-refractivity contribution is 0.158. The average molecular weight is 211 g/mol. The van der Waals surface area contributed by atoms with Crippen LogP contribution in [0.5, 0.6) is 0 Å². The van der Waals surface area contributed by atoms with Gasteiger partial charge < -0.3 is 15.0 Å². The SMILES string of the molecule is CC(C)NCC(O)CCc1nccn1C. The smallest absolute Gasteiger partial charge is 0.108 e. The summed E-state index contributed by atoms with van der Waals surface area (Å²) in [5.41, 5.74) is 0. The summed E-state index contributed by atoms with van der Waals surface area (Å²) in [4.78, 5) is 4.21. The second-order valence-corrected chi connectivity index (χ2v) is 4.21. The summed E-state index contributed by atoms with van der Waals surface area (Å²) in [5, 5.41) is 12.9. The highest BCUT2D eigenvalue weighted by Crippen LogP contribution is 2.02. The van der Waals surface area contributed by atoms with Crippen LogP contribution in [0.15, 0.2) is 12.4 Å². The third-order valence-electron chi connectivity index (χ3n) is 2.38. The van der Waals surface area contributed by atoms with Crippen LogP contribution in [0, 0.1) is 0 Å². The molecule has 0 saturated heterocycles. The van der Waals surface area contributed by atoms with Crippen molar-refractivity contribution in [3.8, 4) is 0 Å². The summed E-state index contributed by atoms with van der Waals surface area (Å²) in [6.07, 6.45) is 5.00. The third-order valence-corrected chi connectivity index (χ3v) is 2.38. The monoisotopic (exact) mass is 211 g/mol. The largest absolute Gasteiger partial charge is 0.392 e. The van der Waals surface area contributed by atoms with E-state index in [4.69, 9.17) is 0 Å². The van der Waals surface area contributed by atoms with Crippen LogP contribution in [0.25, 0.3) is 0 Å². The number of aliphatic hydroxyl groups is 1. The van der Waals surface area contributed by atoms with Crippen molar-refractivity contribution in [1.82, 2.24) is 14.9 Å². The van der Waals surface area contributed by atoms with Gasteiger partial charge in [-0.15, -0.1) is 0 Å². The van der Waals surface area contributed by atoms with Gasteiger partial charge in [-0.1, -0.05) is 13.8 Å². The zero-order valence-corrected chi connectivity index (χ0v) is 9.77. The van der Waals surface area contributed by atoms with Crippen molar-refractivity contribution < 1.29 is 5.11 Å². The molecule has 1 aromatic rings. The summed E-state index contributed by atoms with van der Waals surface area (Å²) in [5.74, 6) is 1.03. The number of imidazole rings is 1. The number of aryl methyl sites for hydroxylation is 2. The predicted molar refractivity (Wildman–Crippen MR) is 60.7 cm³/mol. The number of hydrogen-bond acceptors (Lipinski definition) is 3. The van der Waals surface area contributed by atoms with E-state index < -0.39 is 0 Å².